The second-order valence-corrected chi connectivity index (χ2v) is 7.67. The van der Waals surface area contributed by atoms with E-state index in [0.717, 1.165) is 38.1 Å². The molecular formula is C20H29N3O2. The van der Waals surface area contributed by atoms with Crippen LogP contribution in [-0.4, -0.2) is 61.2 Å². The van der Waals surface area contributed by atoms with E-state index in [9.17, 15) is 4.79 Å². The standard InChI is InChI=1S/C20H29N3O2/c24-20(23-11-5-7-18(23)14-22-9-3-4-10-22)21-13-16-12-17-6-1-2-8-19(17)25-15-16/h1-2,6,8,16,18H,3-5,7,9-15H2,(H,21,24)/t16-,18-/m1/s1. The van der Waals surface area contributed by atoms with E-state index in [-0.39, 0.29) is 6.03 Å². The van der Waals surface area contributed by atoms with Crippen LogP contribution < -0.4 is 10.1 Å². The Balaban J connectivity index is 1.27. The number of fused-ring (bicyclic) bond motifs is 1. The number of benzene rings is 1. The summed E-state index contributed by atoms with van der Waals surface area (Å²) in [5.74, 6) is 1.36. The van der Waals surface area contributed by atoms with Gasteiger partial charge in [0.15, 0.2) is 0 Å². The maximum Gasteiger partial charge on any atom is 0.317 e. The number of amides is 2. The molecule has 3 aliphatic heterocycles. The Bertz CT molecular complexity index is 600. The van der Waals surface area contributed by atoms with Gasteiger partial charge in [-0.05, 0) is 56.8 Å². The van der Waals surface area contributed by atoms with E-state index in [2.05, 4.69) is 27.2 Å². The Hall–Kier alpha value is -1.75. The second-order valence-electron chi connectivity index (χ2n) is 7.67. The topological polar surface area (TPSA) is 44.8 Å². The third-order valence-corrected chi connectivity index (χ3v) is 5.80. The van der Waals surface area contributed by atoms with Crippen molar-refractivity contribution in [1.82, 2.24) is 15.1 Å². The lowest BCUT2D eigenvalue weighted by molar-refractivity contribution is 0.168. The molecule has 0 saturated carbocycles. The van der Waals surface area contributed by atoms with Crippen LogP contribution in [0.2, 0.25) is 0 Å². The molecule has 1 aromatic rings. The van der Waals surface area contributed by atoms with Gasteiger partial charge in [-0.25, -0.2) is 4.79 Å². The third-order valence-electron chi connectivity index (χ3n) is 5.80. The number of rotatable bonds is 4. The van der Waals surface area contributed by atoms with Gasteiger partial charge < -0.3 is 19.9 Å². The highest BCUT2D eigenvalue weighted by molar-refractivity contribution is 5.74. The van der Waals surface area contributed by atoms with Crippen LogP contribution >= 0.6 is 0 Å². The largest absolute Gasteiger partial charge is 0.493 e. The maximum absolute atomic E-state index is 12.7. The Kier molecular flexibility index (Phi) is 5.11. The van der Waals surface area contributed by atoms with Crippen LogP contribution in [0.15, 0.2) is 24.3 Å². The summed E-state index contributed by atoms with van der Waals surface area (Å²) < 4.78 is 5.83. The van der Waals surface area contributed by atoms with Crippen molar-refractivity contribution < 1.29 is 9.53 Å². The fourth-order valence-corrected chi connectivity index (χ4v) is 4.41. The van der Waals surface area contributed by atoms with Crippen LogP contribution in [-0.2, 0) is 6.42 Å². The highest BCUT2D eigenvalue weighted by Gasteiger charge is 2.31. The highest BCUT2D eigenvalue weighted by Crippen LogP contribution is 2.26. The second kappa shape index (κ2) is 7.65. The molecule has 3 heterocycles. The van der Waals surface area contributed by atoms with Crippen molar-refractivity contribution in [2.75, 3.05) is 39.3 Å². The lowest BCUT2D eigenvalue weighted by atomic mass is 9.97. The van der Waals surface area contributed by atoms with Crippen molar-refractivity contribution in [1.29, 1.82) is 0 Å². The summed E-state index contributed by atoms with van der Waals surface area (Å²) in [5.41, 5.74) is 1.25. The molecule has 2 fully saturated rings. The molecule has 2 amide bonds. The van der Waals surface area contributed by atoms with E-state index >= 15 is 0 Å². The molecule has 4 rings (SSSR count). The molecule has 1 aromatic carbocycles. The van der Waals surface area contributed by atoms with E-state index in [4.69, 9.17) is 4.74 Å². The number of nitrogens with zero attached hydrogens (tertiary/aromatic N) is 2. The molecule has 0 aliphatic carbocycles. The molecule has 3 aliphatic rings. The number of urea groups is 1. The third kappa shape index (κ3) is 3.92. The van der Waals surface area contributed by atoms with Gasteiger partial charge in [-0.1, -0.05) is 18.2 Å². The van der Waals surface area contributed by atoms with E-state index in [1.807, 2.05) is 12.1 Å². The average molecular weight is 343 g/mol. The van der Waals surface area contributed by atoms with Crippen LogP contribution in [0.1, 0.15) is 31.2 Å². The normalized spacial score (nSPS) is 26.3. The first-order valence-corrected chi connectivity index (χ1v) is 9.77. The Labute approximate surface area is 150 Å². The van der Waals surface area contributed by atoms with Crippen molar-refractivity contribution in [3.8, 4) is 5.75 Å². The van der Waals surface area contributed by atoms with Gasteiger partial charge in [0.25, 0.3) is 0 Å². The number of para-hydroxylation sites is 1. The van der Waals surface area contributed by atoms with E-state index in [1.165, 1.54) is 31.5 Å². The number of hydrogen-bond donors (Lipinski definition) is 1. The summed E-state index contributed by atoms with van der Waals surface area (Å²) in [4.78, 5) is 17.3. The number of hydrogen-bond acceptors (Lipinski definition) is 3. The van der Waals surface area contributed by atoms with Gasteiger partial charge in [-0.2, -0.15) is 0 Å². The minimum absolute atomic E-state index is 0.112. The van der Waals surface area contributed by atoms with Gasteiger partial charge in [0.1, 0.15) is 5.75 Å². The first kappa shape index (κ1) is 16.7. The quantitative estimate of drug-likeness (QED) is 0.914. The monoisotopic (exact) mass is 343 g/mol. The van der Waals surface area contributed by atoms with E-state index in [1.54, 1.807) is 0 Å². The van der Waals surface area contributed by atoms with Crippen LogP contribution in [0.5, 0.6) is 5.75 Å². The molecule has 0 radical (unpaired) electrons. The highest BCUT2D eigenvalue weighted by atomic mass is 16.5. The molecule has 5 nitrogen and oxygen atoms in total. The summed E-state index contributed by atoms with van der Waals surface area (Å²) in [6, 6.07) is 8.71. The molecule has 0 bridgehead atoms. The number of carbonyl (C=O) groups is 1. The summed E-state index contributed by atoms with van der Waals surface area (Å²) in [7, 11) is 0. The minimum Gasteiger partial charge on any atom is -0.493 e. The average Bonchev–Trinajstić information content (AvgIpc) is 3.32. The van der Waals surface area contributed by atoms with Crippen LogP contribution in [0.4, 0.5) is 4.79 Å². The molecule has 5 heteroatoms. The molecule has 136 valence electrons. The van der Waals surface area contributed by atoms with Crippen LogP contribution in [0.3, 0.4) is 0 Å². The van der Waals surface area contributed by atoms with Crippen molar-refractivity contribution in [2.45, 2.75) is 38.1 Å². The Morgan fingerprint density at radius 1 is 1.16 bits per heavy atom. The van der Waals surface area contributed by atoms with Crippen molar-refractivity contribution in [2.24, 2.45) is 5.92 Å². The predicted octanol–water partition coefficient (Wildman–Crippen LogP) is 2.51. The van der Waals surface area contributed by atoms with Crippen LogP contribution in [0, 0.1) is 5.92 Å². The summed E-state index contributed by atoms with van der Waals surface area (Å²) in [6.07, 6.45) is 5.87. The lowest BCUT2D eigenvalue weighted by Gasteiger charge is -2.30. The molecular weight excluding hydrogens is 314 g/mol. The first-order chi connectivity index (χ1) is 12.3. The zero-order valence-corrected chi connectivity index (χ0v) is 15.0. The van der Waals surface area contributed by atoms with Crippen molar-refractivity contribution in [3.05, 3.63) is 29.8 Å². The number of likely N-dealkylation sites (tertiary alicyclic amines) is 2. The van der Waals surface area contributed by atoms with Gasteiger partial charge >= 0.3 is 6.03 Å². The fraction of sp³-hybridized carbons (Fsp3) is 0.650. The van der Waals surface area contributed by atoms with Gasteiger partial charge in [0.05, 0.1) is 6.61 Å². The molecule has 0 unspecified atom stereocenters. The zero-order chi connectivity index (χ0) is 17.1. The fourth-order valence-electron chi connectivity index (χ4n) is 4.41. The molecule has 25 heavy (non-hydrogen) atoms. The van der Waals surface area contributed by atoms with Gasteiger partial charge in [0.2, 0.25) is 0 Å². The molecule has 1 N–H and O–H groups in total. The lowest BCUT2D eigenvalue weighted by Crippen LogP contribution is -2.48. The van der Waals surface area contributed by atoms with E-state index in [0.29, 0.717) is 25.1 Å². The smallest absolute Gasteiger partial charge is 0.317 e. The summed E-state index contributed by atoms with van der Waals surface area (Å²) in [5, 5.41) is 3.17. The summed E-state index contributed by atoms with van der Waals surface area (Å²) >= 11 is 0. The van der Waals surface area contributed by atoms with Crippen LogP contribution in [0.25, 0.3) is 0 Å². The summed E-state index contributed by atoms with van der Waals surface area (Å²) in [6.45, 7) is 5.73. The maximum atomic E-state index is 12.7. The van der Waals surface area contributed by atoms with Crippen molar-refractivity contribution in [3.63, 3.8) is 0 Å². The van der Waals surface area contributed by atoms with E-state index < -0.39 is 0 Å². The Morgan fingerprint density at radius 2 is 2.00 bits per heavy atom. The molecule has 2 saturated heterocycles. The molecule has 2 atom stereocenters. The minimum atomic E-state index is 0.112. The van der Waals surface area contributed by atoms with Gasteiger partial charge in [-0.3, -0.25) is 0 Å². The predicted molar refractivity (Wildman–Crippen MR) is 97.9 cm³/mol. The Morgan fingerprint density at radius 3 is 2.88 bits per heavy atom. The first-order valence-electron chi connectivity index (χ1n) is 9.77. The molecule has 0 aromatic heterocycles. The SMILES string of the molecule is O=C(NC[C@@H]1COc2ccccc2C1)N1CCC[C@@H]1CN1CCCC1. The van der Waals surface area contributed by atoms with Gasteiger partial charge in [-0.15, -0.1) is 0 Å². The number of ether oxygens (including phenoxy) is 1. The van der Waals surface area contributed by atoms with Gasteiger partial charge in [0, 0.05) is 31.6 Å². The molecule has 0 spiro atoms. The zero-order valence-electron chi connectivity index (χ0n) is 15.0. The van der Waals surface area contributed by atoms with Crippen molar-refractivity contribution >= 4 is 6.03 Å². The number of nitrogens with one attached hydrogen (secondary N) is 1. The number of carbonyl (C=O) groups excluding carboxylic acids is 1.